The van der Waals surface area contributed by atoms with E-state index in [1.165, 1.54) is 123 Å². The number of allylic oxidation sites excluding steroid dienone is 8. The molecule has 4 heterocycles. The summed E-state index contributed by atoms with van der Waals surface area (Å²) in [6.07, 6.45) is 4.67. The fourth-order valence-electron chi connectivity index (χ4n) is 10.7. The molecule has 554 valence electrons. The van der Waals surface area contributed by atoms with Crippen LogP contribution in [-0.4, -0.2) is 63.5 Å². The van der Waals surface area contributed by atoms with E-state index >= 15 is 0 Å². The minimum atomic E-state index is -0.125. The third kappa shape index (κ3) is 28.5. The minimum absolute atomic E-state index is 0. The van der Waals surface area contributed by atoms with E-state index < -0.39 is 0 Å². The van der Waals surface area contributed by atoms with Gasteiger partial charge in [0.15, 0.2) is 23.1 Å². The Labute approximate surface area is 684 Å². The average molecular weight is 2140 g/mol. The quantitative estimate of drug-likeness (QED) is 0.0486. The number of aliphatic hydroxyl groups excluding tert-OH is 4. The Morgan fingerprint density at radius 3 is 1.06 bits per heavy atom. The first-order valence-corrected chi connectivity index (χ1v) is 33.3. The molecule has 4 aromatic heterocycles. The molecule has 0 spiro atoms. The van der Waals surface area contributed by atoms with Crippen molar-refractivity contribution in [1.82, 2.24) is 19.9 Å². The zero-order valence-electron chi connectivity index (χ0n) is 60.4. The number of rotatable bonds is 8. The first-order valence-electron chi connectivity index (χ1n) is 33.3. The number of hydrogen-bond acceptors (Lipinski definition) is 12. The van der Waals surface area contributed by atoms with Crippen molar-refractivity contribution in [3.63, 3.8) is 0 Å². The molecule has 0 aliphatic carbocycles. The smallest absolute Gasteiger partial charge is 0.155 e. The topological polar surface area (TPSA) is 201 Å². The largest absolute Gasteiger partial charge is 0.512 e. The van der Waals surface area contributed by atoms with Gasteiger partial charge < -0.3 is 20.4 Å². The van der Waals surface area contributed by atoms with Crippen LogP contribution >= 0.6 is 0 Å². The summed E-state index contributed by atoms with van der Waals surface area (Å²) in [6.45, 7) is 11.4. The molecule has 0 fully saturated rings. The van der Waals surface area contributed by atoms with Crippen LogP contribution in [0.25, 0.3) is 121 Å². The van der Waals surface area contributed by atoms with Crippen molar-refractivity contribution < 1.29 is 120 Å². The van der Waals surface area contributed by atoms with Gasteiger partial charge in [-0.3, -0.25) is 39.1 Å². The third-order valence-corrected chi connectivity index (χ3v) is 14.9. The predicted molar refractivity (Wildman–Crippen MR) is 425 cm³/mol. The number of carbonyl (C=O) groups is 4. The molecule has 0 bridgehead atoms. The molecule has 108 heavy (non-hydrogen) atoms. The number of aliphatic hydroxyl groups is 4. The van der Waals surface area contributed by atoms with Gasteiger partial charge in [0, 0.05) is 110 Å². The number of hydrogen-bond donors (Lipinski definition) is 4. The Bertz CT molecular complexity index is 5380. The van der Waals surface area contributed by atoms with E-state index in [2.05, 4.69) is 181 Å². The molecule has 0 atom stereocenters. The summed E-state index contributed by atoms with van der Waals surface area (Å²) >= 11 is 0. The van der Waals surface area contributed by atoms with Crippen molar-refractivity contribution in [2.75, 3.05) is 0 Å². The van der Waals surface area contributed by atoms with Crippen molar-refractivity contribution in [3.05, 3.63) is 351 Å². The molecule has 0 aliphatic rings. The van der Waals surface area contributed by atoms with Crippen LogP contribution in [0.3, 0.4) is 0 Å². The molecular formula is C92H78Ir4N4O8-4. The summed E-state index contributed by atoms with van der Waals surface area (Å²) < 4.78 is 0. The molecule has 0 saturated carbocycles. The average Bonchev–Trinajstić information content (AvgIpc) is 0.786. The standard InChI is InChI=1S/3C19H12N.C15H10N.4C5H8O2.4Ir/c1-3-9-16-14(6-1)8-5-10-17(16)19-13-12-15-7-2-4-11-18(15)20-19;1-2-7-16-13-17(10-9-14(16)5-1)19-12-11-15-6-3-4-8-18(15)20-19;1-2-8-14(9-3-1)19-17-12-5-4-10-15(17)16-11-6-7-13-18(16)20-19;1-2-6-12(7-3-1)15-11-10-13-8-4-5-9-14(13)16-15;4*1-4(6)3-5(2)7;;;;/h2*1-9,11-13H;1-8,10-13H;1-6,8-11H;4*3,6H,1-2H3;;;;/q4*-1;;;;;;;;. The van der Waals surface area contributed by atoms with E-state index in [1.54, 1.807) is 0 Å². The number of benzene rings is 11. The first-order chi connectivity index (χ1) is 50.2. The second-order valence-corrected chi connectivity index (χ2v) is 23.7. The molecule has 15 rings (SSSR count). The van der Waals surface area contributed by atoms with Crippen LogP contribution in [0.1, 0.15) is 55.4 Å². The minimum Gasteiger partial charge on any atom is -0.512 e. The number of ketones is 4. The van der Waals surface area contributed by atoms with E-state index in [9.17, 15) is 19.2 Å². The summed E-state index contributed by atoms with van der Waals surface area (Å²) in [5.41, 5.74) is 12.2. The maximum atomic E-state index is 10.0. The van der Waals surface area contributed by atoms with E-state index in [4.69, 9.17) is 35.4 Å². The summed E-state index contributed by atoms with van der Waals surface area (Å²) in [6, 6.07) is 108. The van der Waals surface area contributed by atoms with Crippen molar-refractivity contribution in [2.24, 2.45) is 0 Å². The molecule has 0 aliphatic heterocycles. The maximum Gasteiger partial charge on any atom is 0.155 e. The van der Waals surface area contributed by atoms with Crippen LogP contribution in [0.2, 0.25) is 0 Å². The Morgan fingerprint density at radius 1 is 0.278 bits per heavy atom. The van der Waals surface area contributed by atoms with Gasteiger partial charge in [0.1, 0.15) is 0 Å². The van der Waals surface area contributed by atoms with Crippen LogP contribution in [-0.2, 0) is 99.6 Å². The summed E-state index contributed by atoms with van der Waals surface area (Å²) in [7, 11) is 0. The van der Waals surface area contributed by atoms with E-state index in [-0.39, 0.29) is 127 Å². The molecule has 0 amide bonds. The first kappa shape index (κ1) is 89.7. The number of pyridine rings is 4. The van der Waals surface area contributed by atoms with Crippen LogP contribution in [0, 0.1) is 24.3 Å². The molecule has 15 aromatic rings. The summed E-state index contributed by atoms with van der Waals surface area (Å²) in [4.78, 5) is 59.0. The number of nitrogens with zero attached hydrogens (tertiary/aromatic N) is 4. The van der Waals surface area contributed by atoms with Crippen LogP contribution in [0.5, 0.6) is 0 Å². The van der Waals surface area contributed by atoms with Gasteiger partial charge >= 0.3 is 0 Å². The van der Waals surface area contributed by atoms with Crippen LogP contribution < -0.4 is 0 Å². The van der Waals surface area contributed by atoms with Gasteiger partial charge in [-0.2, -0.15) is 0 Å². The second kappa shape index (κ2) is 46.4. The Hall–Kier alpha value is -10.7. The molecule has 0 unspecified atom stereocenters. The number of fused-ring (bicyclic) bond motifs is 8. The molecule has 4 radical (unpaired) electrons. The van der Waals surface area contributed by atoms with Gasteiger partial charge in [-0.1, -0.05) is 193 Å². The molecule has 11 aromatic carbocycles. The Balaban J connectivity index is 0.000000270. The second-order valence-electron chi connectivity index (χ2n) is 23.7. The number of carbonyl (C=O) groups excluding carboxylic acids is 4. The van der Waals surface area contributed by atoms with Crippen molar-refractivity contribution in [3.8, 4) is 45.0 Å². The summed E-state index contributed by atoms with van der Waals surface area (Å²) in [5, 5.41) is 45.4. The predicted octanol–water partition coefficient (Wildman–Crippen LogP) is 22.4. The Morgan fingerprint density at radius 2 is 0.630 bits per heavy atom. The van der Waals surface area contributed by atoms with Gasteiger partial charge in [0.2, 0.25) is 0 Å². The number of aromatic nitrogens is 4. The fraction of sp³-hybridized carbons (Fsp3) is 0.0870. The molecule has 16 heteroatoms. The van der Waals surface area contributed by atoms with Gasteiger partial charge in [-0.25, -0.2) is 0 Å². The zero-order chi connectivity index (χ0) is 74.3. The monoisotopic (exact) mass is 2140 g/mol. The van der Waals surface area contributed by atoms with E-state index in [1.807, 2.05) is 127 Å². The molecular weight excluding hydrogens is 2060 g/mol. The molecule has 12 nitrogen and oxygen atoms in total. The van der Waals surface area contributed by atoms with Crippen LogP contribution in [0.4, 0.5) is 0 Å². The summed E-state index contributed by atoms with van der Waals surface area (Å²) in [5.74, 6) is -0.250. The van der Waals surface area contributed by atoms with Crippen molar-refractivity contribution in [1.29, 1.82) is 0 Å². The Kier molecular flexibility index (Phi) is 38.5. The van der Waals surface area contributed by atoms with Crippen LogP contribution in [0.15, 0.2) is 326 Å². The normalized spacial score (nSPS) is 10.6. The van der Waals surface area contributed by atoms with Crippen molar-refractivity contribution >= 4 is 99.1 Å². The van der Waals surface area contributed by atoms with Gasteiger partial charge in [0.05, 0.1) is 45.1 Å². The zero-order valence-corrected chi connectivity index (χ0v) is 70.0. The molecule has 4 N–H and O–H groups in total. The fourth-order valence-corrected chi connectivity index (χ4v) is 10.7. The van der Waals surface area contributed by atoms with E-state index in [0.29, 0.717) is 0 Å². The van der Waals surface area contributed by atoms with Gasteiger partial charge in [0.25, 0.3) is 0 Å². The maximum absolute atomic E-state index is 10.0. The van der Waals surface area contributed by atoms with Gasteiger partial charge in [-0.15, -0.1) is 130 Å². The third-order valence-electron chi connectivity index (χ3n) is 14.9. The van der Waals surface area contributed by atoms with Crippen molar-refractivity contribution in [2.45, 2.75) is 55.4 Å². The van der Waals surface area contributed by atoms with E-state index in [0.717, 1.165) is 77.9 Å². The van der Waals surface area contributed by atoms with Gasteiger partial charge in [-0.05, 0) is 129 Å². The molecule has 0 saturated heterocycles. The number of para-hydroxylation sites is 4. The SMILES string of the molecule is CC(=O)C=C(C)O.CC(=O)C=C(C)O.CC(=O)C=C(C)O.CC(=O)C=C(C)O.[Ir].[Ir].[Ir].[Ir].[c-]1cc2ccccc2cc1-c1ccc2ccccc2n1.[c-]1ccc2ccccc2c1-c1ccc2ccccc2n1.[c-]1ccccc1-c1ccc2ccccc2n1.[c-]1ccccc1-c1nc2ccccc2c2ccccc12.